The Morgan fingerprint density at radius 2 is 1.83 bits per heavy atom. The van der Waals surface area contributed by atoms with E-state index >= 15 is 0 Å². The van der Waals surface area contributed by atoms with Crippen molar-refractivity contribution >= 4 is 0 Å². The van der Waals surface area contributed by atoms with Gasteiger partial charge in [0.25, 0.3) is 0 Å². The molecule has 1 aliphatic heterocycles. The van der Waals surface area contributed by atoms with Gasteiger partial charge in [0.2, 0.25) is 0 Å². The van der Waals surface area contributed by atoms with Crippen molar-refractivity contribution in [2.75, 3.05) is 32.8 Å². The number of ether oxygens (including phenoxy) is 1. The van der Waals surface area contributed by atoms with Crippen LogP contribution in [0.25, 0.3) is 0 Å². The second kappa shape index (κ2) is 7.46. The summed E-state index contributed by atoms with van der Waals surface area (Å²) in [4.78, 5) is 2.63. The largest absolute Gasteiger partial charge is 0.379 e. The normalized spacial score (nSPS) is 23.0. The average Bonchev–Trinajstić information content (AvgIpc) is 2.39. The van der Waals surface area contributed by atoms with Gasteiger partial charge in [0, 0.05) is 24.7 Å². The molecule has 2 atom stereocenters. The number of nitrogens with zero attached hydrogens (tertiary/aromatic N) is 1. The van der Waals surface area contributed by atoms with Crippen LogP contribution in [0.1, 0.15) is 47.5 Å². The summed E-state index contributed by atoms with van der Waals surface area (Å²) < 4.78 is 5.50. The van der Waals surface area contributed by atoms with E-state index in [9.17, 15) is 0 Å². The monoisotopic (exact) mass is 256 g/mol. The Balaban J connectivity index is 2.79. The molecule has 0 saturated carbocycles. The van der Waals surface area contributed by atoms with E-state index in [0.29, 0.717) is 12.0 Å². The van der Waals surface area contributed by atoms with Crippen LogP contribution in [-0.2, 0) is 4.74 Å². The first kappa shape index (κ1) is 15.9. The number of rotatable bonds is 7. The lowest BCUT2D eigenvalue weighted by Crippen LogP contribution is -2.63. The van der Waals surface area contributed by atoms with Gasteiger partial charge in [0.15, 0.2) is 0 Å². The van der Waals surface area contributed by atoms with Gasteiger partial charge in [-0.2, -0.15) is 0 Å². The molecule has 3 nitrogen and oxygen atoms in total. The average molecular weight is 256 g/mol. The third kappa shape index (κ3) is 3.69. The van der Waals surface area contributed by atoms with E-state index in [1.54, 1.807) is 0 Å². The fourth-order valence-electron chi connectivity index (χ4n) is 3.19. The summed E-state index contributed by atoms with van der Waals surface area (Å²) >= 11 is 0. The van der Waals surface area contributed by atoms with Gasteiger partial charge in [0.05, 0.1) is 13.2 Å². The molecule has 1 N–H and O–H groups in total. The molecule has 0 aromatic carbocycles. The second-order valence-electron chi connectivity index (χ2n) is 5.99. The maximum absolute atomic E-state index is 5.50. The Bertz CT molecular complexity index is 227. The molecule has 108 valence electrons. The molecule has 0 bridgehead atoms. The minimum absolute atomic E-state index is 0.243. The molecule has 1 heterocycles. The van der Waals surface area contributed by atoms with Crippen molar-refractivity contribution in [3.63, 3.8) is 0 Å². The zero-order valence-electron chi connectivity index (χ0n) is 13.0. The van der Waals surface area contributed by atoms with Crippen molar-refractivity contribution in [2.45, 2.75) is 59.0 Å². The molecule has 0 amide bonds. The van der Waals surface area contributed by atoms with Crippen LogP contribution in [0.5, 0.6) is 0 Å². The molecule has 1 rings (SSSR count). The maximum atomic E-state index is 5.50. The lowest BCUT2D eigenvalue weighted by molar-refractivity contribution is -0.0388. The molecular weight excluding hydrogens is 224 g/mol. The summed E-state index contributed by atoms with van der Waals surface area (Å²) in [6.45, 7) is 16.7. The zero-order chi connectivity index (χ0) is 13.6. The molecular formula is C15H32N2O. The molecule has 18 heavy (non-hydrogen) atoms. The van der Waals surface area contributed by atoms with Crippen LogP contribution >= 0.6 is 0 Å². The zero-order valence-corrected chi connectivity index (χ0v) is 13.0. The molecule has 0 aromatic rings. The van der Waals surface area contributed by atoms with Gasteiger partial charge in [-0.25, -0.2) is 0 Å². The predicted molar refractivity (Wildman–Crippen MR) is 78.0 cm³/mol. The SMILES string of the molecule is CCCNC(C(C)C)C(C)(CC)N1CCOCC1. The quantitative estimate of drug-likeness (QED) is 0.757. The highest BCUT2D eigenvalue weighted by Gasteiger charge is 2.39. The highest BCUT2D eigenvalue weighted by molar-refractivity contribution is 4.98. The minimum Gasteiger partial charge on any atom is -0.379 e. The Morgan fingerprint density at radius 3 is 2.28 bits per heavy atom. The highest BCUT2D eigenvalue weighted by atomic mass is 16.5. The molecule has 0 radical (unpaired) electrons. The Hall–Kier alpha value is -0.120. The van der Waals surface area contributed by atoms with E-state index in [1.807, 2.05) is 0 Å². The van der Waals surface area contributed by atoms with Crippen molar-refractivity contribution < 1.29 is 4.74 Å². The lowest BCUT2D eigenvalue weighted by Gasteiger charge is -2.49. The Morgan fingerprint density at radius 1 is 1.22 bits per heavy atom. The van der Waals surface area contributed by atoms with Gasteiger partial charge >= 0.3 is 0 Å². The summed E-state index contributed by atoms with van der Waals surface area (Å²) in [6.07, 6.45) is 2.39. The molecule has 3 heteroatoms. The standard InChI is InChI=1S/C15H32N2O/c1-6-8-16-14(13(3)4)15(5,7-2)17-9-11-18-12-10-17/h13-14,16H,6-12H2,1-5H3. The molecule has 0 spiro atoms. The van der Waals surface area contributed by atoms with E-state index in [2.05, 4.69) is 44.8 Å². The molecule has 0 aromatic heterocycles. The molecule has 0 aliphatic carbocycles. The van der Waals surface area contributed by atoms with Crippen LogP contribution in [0.3, 0.4) is 0 Å². The molecule has 2 unspecified atom stereocenters. The topological polar surface area (TPSA) is 24.5 Å². The van der Waals surface area contributed by atoms with Crippen LogP contribution in [0.4, 0.5) is 0 Å². The van der Waals surface area contributed by atoms with Crippen LogP contribution in [0.15, 0.2) is 0 Å². The third-order valence-corrected chi connectivity index (χ3v) is 4.40. The minimum atomic E-state index is 0.243. The second-order valence-corrected chi connectivity index (χ2v) is 5.99. The van der Waals surface area contributed by atoms with E-state index in [1.165, 1.54) is 12.8 Å². The predicted octanol–water partition coefficient (Wildman–Crippen LogP) is 2.51. The third-order valence-electron chi connectivity index (χ3n) is 4.40. The Kier molecular flexibility index (Phi) is 6.61. The van der Waals surface area contributed by atoms with E-state index in [4.69, 9.17) is 4.74 Å². The van der Waals surface area contributed by atoms with Gasteiger partial charge in [-0.1, -0.05) is 27.7 Å². The molecule has 1 fully saturated rings. The Labute approximate surface area is 113 Å². The number of morpholine rings is 1. The molecule has 1 saturated heterocycles. The van der Waals surface area contributed by atoms with Gasteiger partial charge in [-0.3, -0.25) is 4.90 Å². The lowest BCUT2D eigenvalue weighted by atomic mass is 9.80. The summed E-state index contributed by atoms with van der Waals surface area (Å²) in [6, 6.07) is 0.556. The van der Waals surface area contributed by atoms with Crippen molar-refractivity contribution in [1.29, 1.82) is 0 Å². The van der Waals surface area contributed by atoms with Crippen molar-refractivity contribution in [3.8, 4) is 0 Å². The van der Waals surface area contributed by atoms with E-state index in [0.717, 1.165) is 32.8 Å². The first-order chi connectivity index (χ1) is 8.56. The first-order valence-corrected chi connectivity index (χ1v) is 7.62. The van der Waals surface area contributed by atoms with Crippen molar-refractivity contribution in [2.24, 2.45) is 5.92 Å². The molecule has 1 aliphatic rings. The summed E-state index contributed by atoms with van der Waals surface area (Å²) in [7, 11) is 0. The number of hydrogen-bond donors (Lipinski definition) is 1. The fraction of sp³-hybridized carbons (Fsp3) is 1.00. The van der Waals surface area contributed by atoms with E-state index < -0.39 is 0 Å². The fourth-order valence-corrected chi connectivity index (χ4v) is 3.19. The highest BCUT2D eigenvalue weighted by Crippen LogP contribution is 2.29. The van der Waals surface area contributed by atoms with Crippen LogP contribution in [0, 0.1) is 5.92 Å². The smallest absolute Gasteiger partial charge is 0.0594 e. The maximum Gasteiger partial charge on any atom is 0.0594 e. The van der Waals surface area contributed by atoms with Crippen LogP contribution in [0.2, 0.25) is 0 Å². The number of hydrogen-bond acceptors (Lipinski definition) is 3. The first-order valence-electron chi connectivity index (χ1n) is 7.62. The van der Waals surface area contributed by atoms with Crippen molar-refractivity contribution in [3.05, 3.63) is 0 Å². The summed E-state index contributed by atoms with van der Waals surface area (Å²) in [5.41, 5.74) is 0.243. The van der Waals surface area contributed by atoms with Gasteiger partial charge in [-0.15, -0.1) is 0 Å². The van der Waals surface area contributed by atoms with Gasteiger partial charge < -0.3 is 10.1 Å². The summed E-state index contributed by atoms with van der Waals surface area (Å²) in [5.74, 6) is 0.657. The van der Waals surface area contributed by atoms with Crippen molar-refractivity contribution in [1.82, 2.24) is 10.2 Å². The van der Waals surface area contributed by atoms with Gasteiger partial charge in [-0.05, 0) is 32.2 Å². The van der Waals surface area contributed by atoms with E-state index in [-0.39, 0.29) is 5.54 Å². The van der Waals surface area contributed by atoms with Gasteiger partial charge in [0.1, 0.15) is 0 Å². The summed E-state index contributed by atoms with van der Waals surface area (Å²) in [5, 5.41) is 3.78. The van der Waals surface area contributed by atoms with Crippen LogP contribution < -0.4 is 5.32 Å². The van der Waals surface area contributed by atoms with Crippen LogP contribution in [-0.4, -0.2) is 49.3 Å². The number of nitrogens with one attached hydrogen (secondary N) is 1.